The predicted molar refractivity (Wildman–Crippen MR) is 101 cm³/mol. The second-order valence-corrected chi connectivity index (χ2v) is 7.93. The van der Waals surface area contributed by atoms with Gasteiger partial charge in [0.2, 0.25) is 5.91 Å². The number of hydrogen-bond acceptors (Lipinski definition) is 3. The third-order valence-electron chi connectivity index (χ3n) is 3.88. The van der Waals surface area contributed by atoms with E-state index in [1.165, 1.54) is 12.1 Å². The van der Waals surface area contributed by atoms with Crippen LogP contribution < -0.4 is 10.0 Å². The minimum atomic E-state index is -3.89. The molecule has 1 atom stereocenters. The Balaban J connectivity index is 2.16. The Bertz CT molecular complexity index is 851. The Morgan fingerprint density at radius 3 is 2.31 bits per heavy atom. The van der Waals surface area contributed by atoms with E-state index < -0.39 is 15.8 Å². The van der Waals surface area contributed by atoms with E-state index in [1.54, 1.807) is 24.3 Å². The lowest BCUT2D eigenvalue weighted by Gasteiger charge is -2.15. The molecule has 2 aromatic rings. The van der Waals surface area contributed by atoms with Crippen molar-refractivity contribution in [1.29, 1.82) is 0 Å². The smallest absolute Gasteiger partial charge is 0.261 e. The van der Waals surface area contributed by atoms with Crippen LogP contribution in [-0.4, -0.2) is 14.3 Å². The van der Waals surface area contributed by atoms with Crippen molar-refractivity contribution in [2.45, 2.75) is 38.0 Å². The topological polar surface area (TPSA) is 75.3 Å². The fourth-order valence-electron chi connectivity index (χ4n) is 2.61. The van der Waals surface area contributed by atoms with E-state index in [0.717, 1.165) is 25.0 Å². The van der Waals surface area contributed by atoms with E-state index in [0.29, 0.717) is 12.1 Å². The van der Waals surface area contributed by atoms with E-state index in [1.807, 2.05) is 6.92 Å². The van der Waals surface area contributed by atoms with Crippen LogP contribution in [0.25, 0.3) is 0 Å². The number of hydrogen-bond donors (Lipinski definition) is 2. The molecule has 0 fully saturated rings. The van der Waals surface area contributed by atoms with Crippen LogP contribution in [0.5, 0.6) is 0 Å². The lowest BCUT2D eigenvalue weighted by atomic mass is 10.0. The zero-order chi connectivity index (χ0) is 19.2. The molecule has 2 rings (SSSR count). The summed E-state index contributed by atoms with van der Waals surface area (Å²) in [6.07, 6.45) is 2.32. The summed E-state index contributed by atoms with van der Waals surface area (Å²) < 4.78 is 40.4. The van der Waals surface area contributed by atoms with Crippen molar-refractivity contribution in [1.82, 2.24) is 0 Å². The van der Waals surface area contributed by atoms with Crippen molar-refractivity contribution in [3.63, 3.8) is 0 Å². The highest BCUT2D eigenvalue weighted by molar-refractivity contribution is 7.92. The fraction of sp³-hybridized carbons (Fsp3) is 0.316. The average molecular weight is 378 g/mol. The highest BCUT2D eigenvalue weighted by Crippen LogP contribution is 2.25. The van der Waals surface area contributed by atoms with Gasteiger partial charge < -0.3 is 5.32 Å². The Morgan fingerprint density at radius 2 is 1.69 bits per heavy atom. The molecule has 0 radical (unpaired) electrons. The molecule has 0 spiro atoms. The quantitative estimate of drug-likeness (QED) is 0.715. The molecule has 2 aromatic carbocycles. The molecule has 5 nitrogen and oxygen atoms in total. The summed E-state index contributed by atoms with van der Waals surface area (Å²) >= 11 is 0. The monoisotopic (exact) mass is 378 g/mol. The van der Waals surface area contributed by atoms with Crippen LogP contribution in [0.15, 0.2) is 53.4 Å². The van der Waals surface area contributed by atoms with E-state index in [2.05, 4.69) is 17.0 Å². The third-order valence-corrected chi connectivity index (χ3v) is 5.27. The number of benzene rings is 2. The number of nitrogens with one attached hydrogen (secondary N) is 2. The van der Waals surface area contributed by atoms with Crippen LogP contribution in [0, 0.1) is 11.7 Å². The first-order valence-electron chi connectivity index (χ1n) is 8.49. The molecule has 0 aromatic heterocycles. The maximum absolute atomic E-state index is 13.0. The molecule has 0 aliphatic rings. The lowest BCUT2D eigenvalue weighted by molar-refractivity contribution is -0.117. The Labute approximate surface area is 153 Å². The molecule has 0 saturated carbocycles. The van der Waals surface area contributed by atoms with Gasteiger partial charge in [-0.2, -0.15) is 0 Å². The number of halogens is 1. The SMILES string of the molecule is CCCC(C)CC(=O)Nc1ccccc1NS(=O)(=O)c1ccc(F)cc1. The van der Waals surface area contributed by atoms with Crippen molar-refractivity contribution in [2.24, 2.45) is 5.92 Å². The summed E-state index contributed by atoms with van der Waals surface area (Å²) in [7, 11) is -3.89. The number of para-hydroxylation sites is 2. The maximum Gasteiger partial charge on any atom is 0.261 e. The molecule has 1 amide bonds. The zero-order valence-electron chi connectivity index (χ0n) is 14.8. The van der Waals surface area contributed by atoms with Crippen molar-refractivity contribution in [2.75, 3.05) is 10.0 Å². The van der Waals surface area contributed by atoms with Crippen LogP contribution in [-0.2, 0) is 14.8 Å². The molecule has 0 aliphatic carbocycles. The maximum atomic E-state index is 13.0. The van der Waals surface area contributed by atoms with Crippen LogP contribution in [0.2, 0.25) is 0 Å². The summed E-state index contributed by atoms with van der Waals surface area (Å²) in [6.45, 7) is 4.07. The van der Waals surface area contributed by atoms with Crippen molar-refractivity contribution in [3.8, 4) is 0 Å². The minimum absolute atomic E-state index is 0.0587. The third kappa shape index (κ3) is 5.56. The molecule has 0 heterocycles. The number of carbonyl (C=O) groups excluding carboxylic acids is 1. The molecule has 0 aliphatic heterocycles. The molecule has 140 valence electrons. The van der Waals surface area contributed by atoms with Crippen molar-refractivity contribution >= 4 is 27.3 Å². The summed E-state index contributed by atoms with van der Waals surface area (Å²) in [5.74, 6) is -0.430. The first-order chi connectivity index (χ1) is 12.3. The minimum Gasteiger partial charge on any atom is -0.324 e. The van der Waals surface area contributed by atoms with Crippen LogP contribution in [0.1, 0.15) is 33.1 Å². The first kappa shape index (κ1) is 19.9. The number of carbonyl (C=O) groups is 1. The van der Waals surface area contributed by atoms with Crippen LogP contribution in [0.4, 0.5) is 15.8 Å². The van der Waals surface area contributed by atoms with Gasteiger partial charge in [-0.25, -0.2) is 12.8 Å². The molecule has 0 bridgehead atoms. The molecule has 1 unspecified atom stereocenters. The zero-order valence-corrected chi connectivity index (χ0v) is 15.6. The van der Waals surface area contributed by atoms with Gasteiger partial charge in [0.15, 0.2) is 0 Å². The average Bonchev–Trinajstić information content (AvgIpc) is 2.57. The van der Waals surface area contributed by atoms with Crippen LogP contribution >= 0.6 is 0 Å². The molecule has 7 heteroatoms. The summed E-state index contributed by atoms with van der Waals surface area (Å²) in [6, 6.07) is 11.1. The number of anilines is 2. The van der Waals surface area contributed by atoms with Gasteiger partial charge in [0.05, 0.1) is 16.3 Å². The second kappa shape index (κ2) is 8.80. The number of sulfonamides is 1. The number of rotatable bonds is 8. The number of amides is 1. The molecule has 26 heavy (non-hydrogen) atoms. The van der Waals surface area contributed by atoms with Gasteiger partial charge in [-0.05, 0) is 42.3 Å². The molecular formula is C19H23FN2O3S. The normalized spacial score (nSPS) is 12.4. The molecule has 2 N–H and O–H groups in total. The van der Waals surface area contributed by atoms with Crippen molar-refractivity contribution in [3.05, 3.63) is 54.3 Å². The van der Waals surface area contributed by atoms with Gasteiger partial charge in [0.25, 0.3) is 10.0 Å². The highest BCUT2D eigenvalue weighted by Gasteiger charge is 2.17. The lowest BCUT2D eigenvalue weighted by Crippen LogP contribution is -2.18. The summed E-state index contributed by atoms with van der Waals surface area (Å²) in [5, 5.41) is 2.76. The Morgan fingerprint density at radius 1 is 1.08 bits per heavy atom. The molecular weight excluding hydrogens is 355 g/mol. The Hall–Kier alpha value is -2.41. The van der Waals surface area contributed by atoms with E-state index in [9.17, 15) is 17.6 Å². The second-order valence-electron chi connectivity index (χ2n) is 6.25. The largest absolute Gasteiger partial charge is 0.324 e. The van der Waals surface area contributed by atoms with Gasteiger partial charge in [-0.15, -0.1) is 0 Å². The standard InChI is InChI=1S/C19H23FN2O3S/c1-3-6-14(2)13-19(23)21-17-7-4-5-8-18(17)22-26(24,25)16-11-9-15(20)10-12-16/h4-5,7-12,14,22H,3,6,13H2,1-2H3,(H,21,23). The van der Waals surface area contributed by atoms with E-state index in [4.69, 9.17) is 0 Å². The Kier molecular flexibility index (Phi) is 6.74. The van der Waals surface area contributed by atoms with Crippen molar-refractivity contribution < 1.29 is 17.6 Å². The van der Waals surface area contributed by atoms with Gasteiger partial charge in [-0.1, -0.05) is 38.8 Å². The van der Waals surface area contributed by atoms with Crippen LogP contribution in [0.3, 0.4) is 0 Å². The van der Waals surface area contributed by atoms with Gasteiger partial charge in [0.1, 0.15) is 5.82 Å². The predicted octanol–water partition coefficient (Wildman–Crippen LogP) is 4.39. The molecule has 0 saturated heterocycles. The van der Waals surface area contributed by atoms with Gasteiger partial charge in [0, 0.05) is 6.42 Å². The van der Waals surface area contributed by atoms with Gasteiger partial charge >= 0.3 is 0 Å². The highest BCUT2D eigenvalue weighted by atomic mass is 32.2. The summed E-state index contributed by atoms with van der Waals surface area (Å²) in [5.41, 5.74) is 0.639. The summed E-state index contributed by atoms with van der Waals surface area (Å²) in [4.78, 5) is 12.1. The first-order valence-corrected chi connectivity index (χ1v) is 9.97. The van der Waals surface area contributed by atoms with E-state index >= 15 is 0 Å². The van der Waals surface area contributed by atoms with E-state index in [-0.39, 0.29) is 22.4 Å². The van der Waals surface area contributed by atoms with Gasteiger partial charge in [-0.3, -0.25) is 9.52 Å². The fourth-order valence-corrected chi connectivity index (χ4v) is 3.69.